The van der Waals surface area contributed by atoms with Gasteiger partial charge in [-0.25, -0.2) is 0 Å². The lowest BCUT2D eigenvalue weighted by Crippen LogP contribution is -2.07. The molecule has 0 aliphatic carbocycles. The van der Waals surface area contributed by atoms with Gasteiger partial charge in [-0.3, -0.25) is 0 Å². The van der Waals surface area contributed by atoms with Gasteiger partial charge in [0.05, 0.1) is 6.04 Å². The highest BCUT2D eigenvalue weighted by Gasteiger charge is 2.19. The molecule has 17 heavy (non-hydrogen) atoms. The highest BCUT2D eigenvalue weighted by Crippen LogP contribution is 2.22. The van der Waals surface area contributed by atoms with Crippen LogP contribution in [0.3, 0.4) is 0 Å². The van der Waals surface area contributed by atoms with Crippen molar-refractivity contribution in [2.75, 3.05) is 0 Å². The lowest BCUT2D eigenvalue weighted by atomic mass is 10.1. The van der Waals surface area contributed by atoms with E-state index >= 15 is 0 Å². The largest absolute Gasteiger partial charge is 0.381 e. The lowest BCUT2D eigenvalue weighted by molar-refractivity contribution is -0.389. The molecule has 1 heterocycles. The zero-order valence-electron chi connectivity index (χ0n) is 9.70. The van der Waals surface area contributed by atoms with Crippen LogP contribution in [0.25, 0.3) is 0 Å². The van der Waals surface area contributed by atoms with Crippen molar-refractivity contribution in [3.8, 4) is 0 Å². The number of benzene rings is 1. The van der Waals surface area contributed by atoms with Crippen molar-refractivity contribution in [2.24, 2.45) is 0 Å². The second-order valence-electron chi connectivity index (χ2n) is 3.90. The van der Waals surface area contributed by atoms with Gasteiger partial charge < -0.3 is 14.7 Å². The SMILES string of the molecule is Cc1nc([N+](=O)[O-])cn1[C@H](C)c1ccccc1. The average Bonchev–Trinajstić information content (AvgIpc) is 2.72. The molecule has 0 aliphatic rings. The summed E-state index contributed by atoms with van der Waals surface area (Å²) in [4.78, 5) is 14.1. The van der Waals surface area contributed by atoms with Crippen molar-refractivity contribution in [3.05, 3.63) is 58.0 Å². The van der Waals surface area contributed by atoms with Crippen LogP contribution in [0.4, 0.5) is 5.82 Å². The third-order valence-corrected chi connectivity index (χ3v) is 2.79. The van der Waals surface area contributed by atoms with Gasteiger partial charge in [0.15, 0.2) is 0 Å². The van der Waals surface area contributed by atoms with Crippen LogP contribution in [0.1, 0.15) is 24.4 Å². The summed E-state index contributed by atoms with van der Waals surface area (Å²) in [7, 11) is 0. The van der Waals surface area contributed by atoms with Gasteiger partial charge in [-0.05, 0) is 22.4 Å². The monoisotopic (exact) mass is 231 g/mol. The maximum absolute atomic E-state index is 10.7. The number of aryl methyl sites for hydroxylation is 1. The van der Waals surface area contributed by atoms with Crippen molar-refractivity contribution in [3.63, 3.8) is 0 Å². The Morgan fingerprint density at radius 1 is 1.35 bits per heavy atom. The van der Waals surface area contributed by atoms with Crippen molar-refractivity contribution in [1.82, 2.24) is 9.55 Å². The molecule has 5 heteroatoms. The van der Waals surface area contributed by atoms with Gasteiger partial charge in [0, 0.05) is 6.92 Å². The van der Waals surface area contributed by atoms with Crippen LogP contribution < -0.4 is 0 Å². The first-order valence-corrected chi connectivity index (χ1v) is 5.34. The Labute approximate surface area is 98.9 Å². The third kappa shape index (κ3) is 2.18. The molecule has 0 saturated heterocycles. The van der Waals surface area contributed by atoms with E-state index in [0.717, 1.165) is 5.56 Å². The molecule has 0 saturated carbocycles. The van der Waals surface area contributed by atoms with E-state index in [1.165, 1.54) is 6.20 Å². The van der Waals surface area contributed by atoms with E-state index in [-0.39, 0.29) is 11.9 Å². The van der Waals surface area contributed by atoms with E-state index < -0.39 is 4.92 Å². The summed E-state index contributed by atoms with van der Waals surface area (Å²) >= 11 is 0. The molecule has 0 fully saturated rings. The Balaban J connectivity index is 2.37. The molecular weight excluding hydrogens is 218 g/mol. The maximum Gasteiger partial charge on any atom is 0.381 e. The fourth-order valence-electron chi connectivity index (χ4n) is 1.84. The predicted octanol–water partition coefficient (Wildman–Crippen LogP) is 2.71. The minimum atomic E-state index is -0.471. The van der Waals surface area contributed by atoms with Crippen LogP contribution in [0.15, 0.2) is 36.5 Å². The van der Waals surface area contributed by atoms with Crippen LogP contribution in [0, 0.1) is 17.0 Å². The summed E-state index contributed by atoms with van der Waals surface area (Å²) in [5.74, 6) is 0.540. The van der Waals surface area contributed by atoms with E-state index in [1.807, 2.05) is 41.8 Å². The number of hydrogen-bond donors (Lipinski definition) is 0. The van der Waals surface area contributed by atoms with Gasteiger partial charge in [-0.15, -0.1) is 0 Å². The molecule has 1 aromatic heterocycles. The zero-order valence-corrected chi connectivity index (χ0v) is 9.70. The van der Waals surface area contributed by atoms with E-state index in [9.17, 15) is 10.1 Å². The van der Waals surface area contributed by atoms with Crippen LogP contribution in [0.5, 0.6) is 0 Å². The summed E-state index contributed by atoms with van der Waals surface area (Å²) < 4.78 is 1.81. The Hall–Kier alpha value is -2.17. The molecule has 2 rings (SSSR count). The standard InChI is InChI=1S/C12H13N3O2/c1-9(11-6-4-3-5-7-11)14-8-12(15(16)17)13-10(14)2/h3-9H,1-2H3/t9-/m1/s1. The van der Waals surface area contributed by atoms with Gasteiger partial charge in [0.2, 0.25) is 5.82 Å². The molecular formula is C12H13N3O2. The number of aromatic nitrogens is 2. The highest BCUT2D eigenvalue weighted by molar-refractivity contribution is 5.24. The van der Waals surface area contributed by atoms with Gasteiger partial charge >= 0.3 is 5.82 Å². The molecule has 0 spiro atoms. The molecule has 5 nitrogen and oxygen atoms in total. The summed E-state index contributed by atoms with van der Waals surface area (Å²) in [5.41, 5.74) is 1.10. The Kier molecular flexibility index (Phi) is 2.91. The third-order valence-electron chi connectivity index (χ3n) is 2.79. The second-order valence-corrected chi connectivity index (χ2v) is 3.90. The average molecular weight is 231 g/mol. The number of rotatable bonds is 3. The van der Waals surface area contributed by atoms with Gasteiger partial charge in [-0.1, -0.05) is 30.3 Å². The van der Waals surface area contributed by atoms with Crippen LogP contribution >= 0.6 is 0 Å². The molecule has 0 amide bonds. The molecule has 2 aromatic rings. The van der Waals surface area contributed by atoms with Crippen molar-refractivity contribution in [1.29, 1.82) is 0 Å². The molecule has 0 aliphatic heterocycles. The summed E-state index contributed by atoms with van der Waals surface area (Å²) in [6, 6.07) is 9.88. The van der Waals surface area contributed by atoms with E-state index in [1.54, 1.807) is 6.92 Å². The number of nitro groups is 1. The van der Waals surface area contributed by atoms with Crippen molar-refractivity contribution in [2.45, 2.75) is 19.9 Å². The Morgan fingerprint density at radius 3 is 2.53 bits per heavy atom. The maximum atomic E-state index is 10.7. The van der Waals surface area contributed by atoms with Crippen LogP contribution in [-0.4, -0.2) is 14.5 Å². The fraction of sp³-hybridized carbons (Fsp3) is 0.250. The van der Waals surface area contributed by atoms with Gasteiger partial charge in [0.25, 0.3) is 0 Å². The molecule has 0 bridgehead atoms. The van der Waals surface area contributed by atoms with Crippen LogP contribution in [0.2, 0.25) is 0 Å². The van der Waals surface area contributed by atoms with E-state index in [2.05, 4.69) is 4.98 Å². The second kappa shape index (κ2) is 4.37. The first kappa shape index (κ1) is 11.3. The smallest absolute Gasteiger partial charge is 0.358 e. The van der Waals surface area contributed by atoms with E-state index in [0.29, 0.717) is 5.82 Å². The highest BCUT2D eigenvalue weighted by atomic mass is 16.6. The lowest BCUT2D eigenvalue weighted by Gasteiger charge is -2.13. The molecule has 88 valence electrons. The van der Waals surface area contributed by atoms with Crippen LogP contribution in [-0.2, 0) is 0 Å². The topological polar surface area (TPSA) is 61.0 Å². The quantitative estimate of drug-likeness (QED) is 0.602. The molecule has 0 radical (unpaired) electrons. The van der Waals surface area contributed by atoms with Crippen molar-refractivity contribution >= 4 is 5.82 Å². The minimum absolute atomic E-state index is 0.0393. The minimum Gasteiger partial charge on any atom is -0.358 e. The zero-order chi connectivity index (χ0) is 12.4. The first-order valence-electron chi connectivity index (χ1n) is 5.34. The summed E-state index contributed by atoms with van der Waals surface area (Å²) in [6.45, 7) is 3.76. The molecule has 1 atom stereocenters. The Morgan fingerprint density at radius 2 is 2.00 bits per heavy atom. The fourth-order valence-corrected chi connectivity index (χ4v) is 1.84. The van der Waals surface area contributed by atoms with Gasteiger partial charge in [0.1, 0.15) is 6.20 Å². The molecule has 0 N–H and O–H groups in total. The number of hydrogen-bond acceptors (Lipinski definition) is 3. The molecule has 1 aromatic carbocycles. The number of nitrogens with zero attached hydrogens (tertiary/aromatic N) is 3. The Bertz CT molecular complexity index is 534. The predicted molar refractivity (Wildman–Crippen MR) is 63.9 cm³/mol. The van der Waals surface area contributed by atoms with Crippen molar-refractivity contribution < 1.29 is 4.92 Å². The van der Waals surface area contributed by atoms with E-state index in [4.69, 9.17) is 0 Å². The summed E-state index contributed by atoms with van der Waals surface area (Å²) in [5, 5.41) is 10.7. The molecule has 0 unspecified atom stereocenters. The first-order chi connectivity index (χ1) is 8.09. The summed E-state index contributed by atoms with van der Waals surface area (Å²) in [6.07, 6.45) is 1.48. The number of imidazole rings is 1. The normalized spacial score (nSPS) is 12.4. The van der Waals surface area contributed by atoms with Gasteiger partial charge in [-0.2, -0.15) is 0 Å².